The van der Waals surface area contributed by atoms with Crippen molar-refractivity contribution in [2.45, 2.75) is 20.8 Å². The lowest BCUT2D eigenvalue weighted by molar-refractivity contribution is -0.114. The van der Waals surface area contributed by atoms with Gasteiger partial charge in [-0.1, -0.05) is 30.3 Å². The molecule has 3 aromatic carbocycles. The van der Waals surface area contributed by atoms with E-state index in [1.165, 1.54) is 6.92 Å². The van der Waals surface area contributed by atoms with Crippen molar-refractivity contribution in [3.8, 4) is 11.4 Å². The Kier molecular flexibility index (Phi) is 6.45. The molecule has 172 valence electrons. The number of ether oxygens (including phenoxy) is 2. The Labute approximate surface area is 196 Å². The summed E-state index contributed by atoms with van der Waals surface area (Å²) in [6, 6.07) is 21.4. The molecule has 0 aliphatic rings. The number of amides is 1. The van der Waals surface area contributed by atoms with Gasteiger partial charge in [0.25, 0.3) is 0 Å². The van der Waals surface area contributed by atoms with Gasteiger partial charge in [-0.05, 0) is 56.3 Å². The van der Waals surface area contributed by atoms with E-state index in [0.29, 0.717) is 16.6 Å². The number of aromatic nitrogens is 1. The molecule has 34 heavy (non-hydrogen) atoms. The summed E-state index contributed by atoms with van der Waals surface area (Å²) in [5.41, 5.74) is 3.40. The van der Waals surface area contributed by atoms with Crippen LogP contribution in [0.15, 0.2) is 72.8 Å². The van der Waals surface area contributed by atoms with Crippen LogP contribution in [0.3, 0.4) is 0 Å². The molecule has 7 nitrogen and oxygen atoms in total. The van der Waals surface area contributed by atoms with Crippen molar-refractivity contribution in [1.29, 1.82) is 0 Å². The summed E-state index contributed by atoms with van der Waals surface area (Å²) in [7, 11) is 0. The number of nitrogens with one attached hydrogen (secondary N) is 1. The van der Waals surface area contributed by atoms with Crippen LogP contribution in [-0.2, 0) is 9.53 Å². The molecule has 1 heterocycles. The van der Waals surface area contributed by atoms with Gasteiger partial charge in [-0.2, -0.15) is 0 Å². The molecule has 0 aliphatic heterocycles. The Morgan fingerprint density at radius 1 is 0.912 bits per heavy atom. The molecule has 0 bridgehead atoms. The highest BCUT2D eigenvalue weighted by Gasteiger charge is 2.23. The quantitative estimate of drug-likeness (QED) is 0.315. The fourth-order valence-electron chi connectivity index (χ4n) is 3.95. The first kappa shape index (κ1) is 22.8. The smallest absolute Gasteiger partial charge is 0.345 e. The largest absolute Gasteiger partial charge is 0.462 e. The summed E-state index contributed by atoms with van der Waals surface area (Å²) in [5.74, 6) is -1.09. The summed E-state index contributed by atoms with van der Waals surface area (Å²) in [5, 5.41) is 3.24. The zero-order chi connectivity index (χ0) is 24.2. The Morgan fingerprint density at radius 3 is 2.32 bits per heavy atom. The van der Waals surface area contributed by atoms with Gasteiger partial charge in [0.15, 0.2) is 0 Å². The molecule has 0 aliphatic carbocycles. The number of fused-ring (bicyclic) bond motifs is 1. The van der Waals surface area contributed by atoms with Crippen LogP contribution in [0.25, 0.3) is 16.6 Å². The molecule has 1 aromatic heterocycles. The molecule has 0 radical (unpaired) electrons. The van der Waals surface area contributed by atoms with E-state index >= 15 is 0 Å². The summed E-state index contributed by atoms with van der Waals surface area (Å²) in [6.45, 7) is 5.22. The van der Waals surface area contributed by atoms with Gasteiger partial charge in [0.05, 0.1) is 28.9 Å². The molecule has 0 saturated heterocycles. The van der Waals surface area contributed by atoms with Crippen molar-refractivity contribution in [3.05, 3.63) is 89.6 Å². The highest BCUT2D eigenvalue weighted by Crippen LogP contribution is 2.33. The van der Waals surface area contributed by atoms with Crippen molar-refractivity contribution >= 4 is 34.4 Å². The second kappa shape index (κ2) is 9.62. The summed E-state index contributed by atoms with van der Waals surface area (Å²) in [4.78, 5) is 37.2. The van der Waals surface area contributed by atoms with Crippen LogP contribution in [0.1, 0.15) is 40.3 Å². The van der Waals surface area contributed by atoms with Gasteiger partial charge < -0.3 is 19.4 Å². The predicted octanol–water partition coefficient (Wildman–Crippen LogP) is 5.29. The Hall–Kier alpha value is -4.39. The van der Waals surface area contributed by atoms with Crippen molar-refractivity contribution in [1.82, 2.24) is 4.57 Å². The molecular weight excluding hydrogens is 432 g/mol. The van der Waals surface area contributed by atoms with Crippen LogP contribution in [0.2, 0.25) is 0 Å². The lowest BCUT2D eigenvalue weighted by Crippen LogP contribution is -2.14. The highest BCUT2D eigenvalue weighted by atomic mass is 16.5. The maximum atomic E-state index is 12.9. The van der Waals surface area contributed by atoms with Gasteiger partial charge >= 0.3 is 11.9 Å². The second-order valence-corrected chi connectivity index (χ2v) is 7.65. The molecular formula is C27H24N2O5. The number of para-hydroxylation sites is 2. The minimum Gasteiger partial charge on any atom is -0.462 e. The molecule has 7 heteroatoms. The number of hydrogen-bond donors (Lipinski definition) is 1. The van der Waals surface area contributed by atoms with Crippen LogP contribution in [0.4, 0.5) is 5.69 Å². The fourth-order valence-corrected chi connectivity index (χ4v) is 3.95. The Morgan fingerprint density at radius 2 is 1.62 bits per heavy atom. The minimum absolute atomic E-state index is 0.224. The summed E-state index contributed by atoms with van der Waals surface area (Å²) < 4.78 is 12.9. The average molecular weight is 456 g/mol. The van der Waals surface area contributed by atoms with E-state index in [-0.39, 0.29) is 23.8 Å². The van der Waals surface area contributed by atoms with Crippen molar-refractivity contribution in [3.63, 3.8) is 0 Å². The third kappa shape index (κ3) is 4.41. The van der Waals surface area contributed by atoms with Gasteiger partial charge in [0.2, 0.25) is 5.91 Å². The number of carbonyl (C=O) groups excluding carboxylic acids is 3. The van der Waals surface area contributed by atoms with E-state index in [1.54, 1.807) is 49.4 Å². The lowest BCUT2D eigenvalue weighted by atomic mass is 10.1. The van der Waals surface area contributed by atoms with Gasteiger partial charge in [0, 0.05) is 23.7 Å². The number of carbonyl (C=O) groups is 3. The molecule has 0 spiro atoms. The van der Waals surface area contributed by atoms with Crippen LogP contribution in [0.5, 0.6) is 5.75 Å². The average Bonchev–Trinajstić information content (AvgIpc) is 3.10. The van der Waals surface area contributed by atoms with E-state index in [1.807, 2.05) is 41.8 Å². The number of rotatable bonds is 6. The van der Waals surface area contributed by atoms with Gasteiger partial charge in [-0.3, -0.25) is 4.79 Å². The molecule has 0 atom stereocenters. The second-order valence-electron chi connectivity index (χ2n) is 7.65. The van der Waals surface area contributed by atoms with Gasteiger partial charge in [-0.15, -0.1) is 0 Å². The molecule has 4 rings (SSSR count). The van der Waals surface area contributed by atoms with Crippen molar-refractivity contribution < 1.29 is 23.9 Å². The number of hydrogen-bond acceptors (Lipinski definition) is 5. The summed E-state index contributed by atoms with van der Waals surface area (Å²) >= 11 is 0. The molecule has 0 unspecified atom stereocenters. The lowest BCUT2D eigenvalue weighted by Gasteiger charge is -2.10. The minimum atomic E-state index is -0.624. The van der Waals surface area contributed by atoms with Crippen LogP contribution in [-0.4, -0.2) is 29.0 Å². The number of anilines is 1. The van der Waals surface area contributed by atoms with E-state index in [4.69, 9.17) is 9.47 Å². The fraction of sp³-hybridized carbons (Fsp3) is 0.148. The molecule has 0 saturated carbocycles. The maximum Gasteiger partial charge on any atom is 0.345 e. The third-order valence-electron chi connectivity index (χ3n) is 5.34. The number of nitrogens with zero attached hydrogens (tertiary/aromatic N) is 1. The van der Waals surface area contributed by atoms with Crippen molar-refractivity contribution in [2.24, 2.45) is 0 Å². The topological polar surface area (TPSA) is 86.6 Å². The summed E-state index contributed by atoms with van der Waals surface area (Å²) in [6.07, 6.45) is 0. The first-order valence-corrected chi connectivity index (χ1v) is 10.9. The first-order chi connectivity index (χ1) is 16.4. The first-order valence-electron chi connectivity index (χ1n) is 10.9. The zero-order valence-corrected chi connectivity index (χ0v) is 19.1. The van der Waals surface area contributed by atoms with Crippen LogP contribution < -0.4 is 10.1 Å². The van der Waals surface area contributed by atoms with Gasteiger partial charge in [0.1, 0.15) is 5.75 Å². The van der Waals surface area contributed by atoms with E-state index in [9.17, 15) is 14.4 Å². The van der Waals surface area contributed by atoms with Crippen LogP contribution in [0, 0.1) is 6.92 Å². The van der Waals surface area contributed by atoms with Gasteiger partial charge in [-0.25, -0.2) is 9.59 Å². The maximum absolute atomic E-state index is 12.9. The highest BCUT2D eigenvalue weighted by molar-refractivity contribution is 6.07. The Balaban J connectivity index is 1.78. The van der Waals surface area contributed by atoms with Crippen LogP contribution >= 0.6 is 0 Å². The molecule has 0 fully saturated rings. The molecule has 1 N–H and O–H groups in total. The van der Waals surface area contributed by atoms with Crippen molar-refractivity contribution in [2.75, 3.05) is 11.9 Å². The Bertz CT molecular complexity index is 1390. The monoisotopic (exact) mass is 456 g/mol. The van der Waals surface area contributed by atoms with E-state index in [2.05, 4.69) is 5.32 Å². The SMILES string of the molecule is CCOC(=O)c1c(C)n(-c2ccccc2)c2ccc(OC(=O)c3ccccc3NC(C)=O)cc12. The molecule has 1 amide bonds. The predicted molar refractivity (Wildman–Crippen MR) is 130 cm³/mol. The van der Waals surface area contributed by atoms with E-state index in [0.717, 1.165) is 16.9 Å². The zero-order valence-electron chi connectivity index (χ0n) is 19.1. The van der Waals surface area contributed by atoms with E-state index < -0.39 is 11.9 Å². The number of benzene rings is 3. The normalized spacial score (nSPS) is 10.7. The third-order valence-corrected chi connectivity index (χ3v) is 5.34. The number of esters is 2. The molecule has 4 aromatic rings. The standard InChI is InChI=1S/C27H24N2O5/c1-4-33-27(32)25-17(2)29(19-10-6-5-7-11-19)24-15-14-20(16-22(24)25)34-26(31)21-12-8-9-13-23(21)28-18(3)30/h5-16H,4H2,1-3H3,(H,28,30).